The van der Waals surface area contributed by atoms with Gasteiger partial charge in [0.05, 0.1) is 17.2 Å². The average molecular weight is 372 g/mol. The van der Waals surface area contributed by atoms with Gasteiger partial charge in [-0.1, -0.05) is 0 Å². The van der Waals surface area contributed by atoms with Crippen molar-refractivity contribution in [3.05, 3.63) is 46.8 Å². The number of aromatic nitrogens is 2. The summed E-state index contributed by atoms with van der Waals surface area (Å²) in [5.74, 6) is 0. The summed E-state index contributed by atoms with van der Waals surface area (Å²) in [5, 5.41) is 15.2. The number of nitro benzene ring substituents is 1. The summed E-state index contributed by atoms with van der Waals surface area (Å²) < 4.78 is 7.34. The first-order chi connectivity index (χ1) is 12.7. The van der Waals surface area contributed by atoms with E-state index in [9.17, 15) is 14.9 Å². The molecule has 1 aromatic carbocycles. The van der Waals surface area contributed by atoms with E-state index in [4.69, 9.17) is 4.74 Å². The number of hydrogen-bond acceptors (Lipinski definition) is 5. The molecule has 144 valence electrons. The fourth-order valence-electron chi connectivity index (χ4n) is 3.10. The van der Waals surface area contributed by atoms with Gasteiger partial charge >= 0.3 is 6.09 Å². The Labute approximate surface area is 157 Å². The molecule has 1 aromatic heterocycles. The van der Waals surface area contributed by atoms with E-state index in [1.807, 2.05) is 31.6 Å². The standard InChI is InChI=1S/C19H24N4O4/c1-19(2,3)27-18(24)21-10-8-16(9-11-21)22-13-15(12-20-22)14-4-6-17(7-5-14)23(25)26/h4-7,12-13,16H,8-11H2,1-3H3. The van der Waals surface area contributed by atoms with Gasteiger partial charge in [0.1, 0.15) is 5.60 Å². The minimum atomic E-state index is -0.491. The van der Waals surface area contributed by atoms with Gasteiger partial charge in [0.25, 0.3) is 5.69 Å². The number of nitro groups is 1. The number of amides is 1. The van der Waals surface area contributed by atoms with E-state index in [1.165, 1.54) is 12.1 Å². The topological polar surface area (TPSA) is 90.5 Å². The molecule has 0 radical (unpaired) electrons. The van der Waals surface area contributed by atoms with Crippen LogP contribution in [0.2, 0.25) is 0 Å². The molecule has 8 heteroatoms. The lowest BCUT2D eigenvalue weighted by Gasteiger charge is -2.33. The predicted molar refractivity (Wildman–Crippen MR) is 100 cm³/mol. The van der Waals surface area contributed by atoms with Crippen LogP contribution in [0.3, 0.4) is 0 Å². The summed E-state index contributed by atoms with van der Waals surface area (Å²) >= 11 is 0. The van der Waals surface area contributed by atoms with Gasteiger partial charge in [-0.3, -0.25) is 14.8 Å². The highest BCUT2D eigenvalue weighted by Gasteiger charge is 2.27. The second-order valence-electron chi connectivity index (χ2n) is 7.71. The van der Waals surface area contributed by atoms with E-state index < -0.39 is 10.5 Å². The number of benzene rings is 1. The third-order valence-electron chi connectivity index (χ3n) is 4.50. The molecule has 2 heterocycles. The number of hydrogen-bond donors (Lipinski definition) is 0. The lowest BCUT2D eigenvalue weighted by atomic mass is 10.1. The number of rotatable bonds is 3. The van der Waals surface area contributed by atoms with Gasteiger partial charge in [0.2, 0.25) is 0 Å². The van der Waals surface area contributed by atoms with E-state index in [1.54, 1.807) is 23.2 Å². The predicted octanol–water partition coefficient (Wildman–Crippen LogP) is 4.03. The lowest BCUT2D eigenvalue weighted by Crippen LogP contribution is -2.42. The largest absolute Gasteiger partial charge is 0.444 e. The molecule has 0 aliphatic carbocycles. The quantitative estimate of drug-likeness (QED) is 0.599. The van der Waals surface area contributed by atoms with Crippen LogP contribution in [-0.2, 0) is 4.74 Å². The van der Waals surface area contributed by atoms with Crippen LogP contribution in [0.25, 0.3) is 11.1 Å². The van der Waals surface area contributed by atoms with Crippen LogP contribution < -0.4 is 0 Å². The maximum Gasteiger partial charge on any atom is 0.410 e. The molecule has 0 atom stereocenters. The highest BCUT2D eigenvalue weighted by molar-refractivity contribution is 5.68. The fraction of sp³-hybridized carbons (Fsp3) is 0.474. The first-order valence-electron chi connectivity index (χ1n) is 9.00. The Morgan fingerprint density at radius 3 is 2.37 bits per heavy atom. The van der Waals surface area contributed by atoms with E-state index in [2.05, 4.69) is 5.10 Å². The minimum Gasteiger partial charge on any atom is -0.444 e. The monoisotopic (exact) mass is 372 g/mol. The number of ether oxygens (including phenoxy) is 1. The van der Waals surface area contributed by atoms with Crippen LogP contribution in [0.15, 0.2) is 36.7 Å². The molecule has 0 saturated carbocycles. The Morgan fingerprint density at radius 1 is 1.19 bits per heavy atom. The van der Waals surface area contributed by atoms with Crippen LogP contribution in [-0.4, -0.2) is 44.4 Å². The van der Waals surface area contributed by atoms with E-state index in [0.29, 0.717) is 13.1 Å². The van der Waals surface area contributed by atoms with Crippen molar-refractivity contribution in [3.8, 4) is 11.1 Å². The maximum absolute atomic E-state index is 12.2. The van der Waals surface area contributed by atoms with E-state index >= 15 is 0 Å². The Kier molecular flexibility index (Phi) is 5.16. The van der Waals surface area contributed by atoms with Gasteiger partial charge in [-0.05, 0) is 51.3 Å². The molecule has 2 aromatic rings. The number of piperidine rings is 1. The summed E-state index contributed by atoms with van der Waals surface area (Å²) in [6, 6.07) is 6.66. The number of nitrogens with zero attached hydrogens (tertiary/aromatic N) is 4. The summed E-state index contributed by atoms with van der Waals surface area (Å²) in [6.07, 6.45) is 5.06. The molecule has 1 aliphatic heterocycles. The van der Waals surface area contributed by atoms with Gasteiger partial charge in [0.15, 0.2) is 0 Å². The summed E-state index contributed by atoms with van der Waals surface area (Å²) in [5.41, 5.74) is 1.38. The molecule has 0 N–H and O–H groups in total. The lowest BCUT2D eigenvalue weighted by molar-refractivity contribution is -0.384. The molecule has 1 fully saturated rings. The first kappa shape index (κ1) is 18.9. The number of non-ortho nitro benzene ring substituents is 1. The first-order valence-corrected chi connectivity index (χ1v) is 9.00. The molecule has 0 unspecified atom stereocenters. The van der Waals surface area contributed by atoms with Crippen molar-refractivity contribution in [1.82, 2.24) is 14.7 Å². The second-order valence-corrected chi connectivity index (χ2v) is 7.71. The van der Waals surface area contributed by atoms with Gasteiger partial charge in [0, 0.05) is 37.0 Å². The van der Waals surface area contributed by atoms with Crippen molar-refractivity contribution < 1.29 is 14.5 Å². The maximum atomic E-state index is 12.2. The summed E-state index contributed by atoms with van der Waals surface area (Å²) in [4.78, 5) is 24.2. The molecular weight excluding hydrogens is 348 g/mol. The summed E-state index contributed by atoms with van der Waals surface area (Å²) in [7, 11) is 0. The van der Waals surface area contributed by atoms with Crippen LogP contribution in [0, 0.1) is 10.1 Å². The minimum absolute atomic E-state index is 0.0701. The van der Waals surface area contributed by atoms with Gasteiger partial charge in [-0.2, -0.15) is 5.10 Å². The van der Waals surface area contributed by atoms with Gasteiger partial charge < -0.3 is 9.64 Å². The van der Waals surface area contributed by atoms with Crippen molar-refractivity contribution in [2.24, 2.45) is 0 Å². The molecule has 3 rings (SSSR count). The van der Waals surface area contributed by atoms with Crippen molar-refractivity contribution >= 4 is 11.8 Å². The summed E-state index contributed by atoms with van der Waals surface area (Å²) in [6.45, 7) is 6.85. The molecule has 8 nitrogen and oxygen atoms in total. The zero-order chi connectivity index (χ0) is 19.6. The second kappa shape index (κ2) is 7.38. The van der Waals surface area contributed by atoms with E-state index in [0.717, 1.165) is 24.0 Å². The molecule has 27 heavy (non-hydrogen) atoms. The molecule has 1 aliphatic rings. The average Bonchev–Trinajstić information content (AvgIpc) is 3.10. The Morgan fingerprint density at radius 2 is 1.81 bits per heavy atom. The number of carbonyl (C=O) groups is 1. The van der Waals surface area contributed by atoms with E-state index in [-0.39, 0.29) is 17.8 Å². The van der Waals surface area contributed by atoms with Crippen molar-refractivity contribution in [2.75, 3.05) is 13.1 Å². The zero-order valence-electron chi connectivity index (χ0n) is 15.8. The SMILES string of the molecule is CC(C)(C)OC(=O)N1CCC(n2cc(-c3ccc([N+](=O)[O-])cc3)cn2)CC1. The van der Waals surface area contributed by atoms with Crippen LogP contribution >= 0.6 is 0 Å². The van der Waals surface area contributed by atoms with Crippen LogP contribution in [0.1, 0.15) is 39.7 Å². The molecule has 1 saturated heterocycles. The van der Waals surface area contributed by atoms with Crippen molar-refractivity contribution in [2.45, 2.75) is 45.3 Å². The molecule has 0 bridgehead atoms. The molecular formula is C19H24N4O4. The highest BCUT2D eigenvalue weighted by Crippen LogP contribution is 2.27. The normalized spacial score (nSPS) is 15.6. The third-order valence-corrected chi connectivity index (χ3v) is 4.50. The highest BCUT2D eigenvalue weighted by atomic mass is 16.6. The molecule has 1 amide bonds. The number of likely N-dealkylation sites (tertiary alicyclic amines) is 1. The smallest absolute Gasteiger partial charge is 0.410 e. The van der Waals surface area contributed by atoms with Gasteiger partial charge in [-0.15, -0.1) is 0 Å². The van der Waals surface area contributed by atoms with Gasteiger partial charge in [-0.25, -0.2) is 4.79 Å². The van der Waals surface area contributed by atoms with Crippen LogP contribution in [0.5, 0.6) is 0 Å². The fourth-order valence-corrected chi connectivity index (χ4v) is 3.10. The Balaban J connectivity index is 1.61. The molecule has 0 spiro atoms. The van der Waals surface area contributed by atoms with Crippen molar-refractivity contribution in [1.29, 1.82) is 0 Å². The Bertz CT molecular complexity index is 815. The number of carbonyl (C=O) groups excluding carboxylic acids is 1. The zero-order valence-corrected chi connectivity index (χ0v) is 15.8. The van der Waals surface area contributed by atoms with Crippen molar-refractivity contribution in [3.63, 3.8) is 0 Å². The Hall–Kier alpha value is -2.90. The van der Waals surface area contributed by atoms with Crippen LogP contribution in [0.4, 0.5) is 10.5 Å². The third kappa shape index (κ3) is 4.64.